The summed E-state index contributed by atoms with van der Waals surface area (Å²) in [6.07, 6.45) is 4.82. The normalized spacial score (nSPS) is 18.9. The maximum absolute atomic E-state index is 12.8. The number of carboxylic acid groups (broad SMARTS) is 1. The lowest BCUT2D eigenvalue weighted by atomic mass is 9.92. The molecule has 0 aromatic heterocycles. The van der Waals surface area contributed by atoms with Gasteiger partial charge in [-0.25, -0.2) is 9.59 Å². The van der Waals surface area contributed by atoms with E-state index in [2.05, 4.69) is 20.7 Å². The molecule has 1 aromatic carbocycles. The summed E-state index contributed by atoms with van der Waals surface area (Å²) >= 11 is 0. The maximum atomic E-state index is 12.8. The van der Waals surface area contributed by atoms with Gasteiger partial charge in [0.15, 0.2) is 0 Å². The van der Waals surface area contributed by atoms with Gasteiger partial charge in [0.1, 0.15) is 6.04 Å². The molecule has 37 heavy (non-hydrogen) atoms. The average molecular weight is 517 g/mol. The van der Waals surface area contributed by atoms with Crippen LogP contribution in [0.1, 0.15) is 59.2 Å². The molecule has 2 aliphatic rings. The van der Waals surface area contributed by atoms with Crippen LogP contribution in [0.15, 0.2) is 24.3 Å². The molecule has 0 bridgehead atoms. The molecular weight excluding hydrogens is 480 g/mol. The van der Waals surface area contributed by atoms with E-state index in [4.69, 9.17) is 0 Å². The number of ether oxygens (including phenoxy) is 1. The largest absolute Gasteiger partial charge is 0.480 e. The molecule has 2 fully saturated rings. The predicted octanol–water partition coefficient (Wildman–Crippen LogP) is 0.791. The van der Waals surface area contributed by atoms with Crippen molar-refractivity contribution in [2.45, 2.75) is 44.6 Å². The Kier molecular flexibility index (Phi) is 10.4. The second kappa shape index (κ2) is 13.7. The number of carbonyl (C=O) groups is 5. The van der Waals surface area contributed by atoms with Crippen molar-refractivity contribution in [3.05, 3.63) is 35.4 Å². The second-order valence-corrected chi connectivity index (χ2v) is 9.59. The number of carbonyl (C=O) groups excluding carboxylic acids is 4. The quantitative estimate of drug-likeness (QED) is 0.333. The van der Waals surface area contributed by atoms with E-state index in [0.29, 0.717) is 38.3 Å². The van der Waals surface area contributed by atoms with Gasteiger partial charge in [-0.05, 0) is 75.4 Å². The van der Waals surface area contributed by atoms with Gasteiger partial charge in [-0.2, -0.15) is 0 Å². The van der Waals surface area contributed by atoms with E-state index in [1.54, 1.807) is 4.90 Å². The fourth-order valence-electron chi connectivity index (χ4n) is 4.74. The Bertz CT molecular complexity index is 976. The molecule has 3 rings (SSSR count). The van der Waals surface area contributed by atoms with Gasteiger partial charge in [-0.3, -0.25) is 14.4 Å². The van der Waals surface area contributed by atoms with Gasteiger partial charge >= 0.3 is 11.9 Å². The summed E-state index contributed by atoms with van der Waals surface area (Å²) < 4.78 is 4.61. The van der Waals surface area contributed by atoms with Crippen LogP contribution in [-0.2, 0) is 19.1 Å². The molecule has 202 valence electrons. The number of nitrogens with zero attached hydrogens (tertiary/aromatic N) is 1. The molecule has 11 heteroatoms. The smallest absolute Gasteiger partial charge is 0.337 e. The van der Waals surface area contributed by atoms with Crippen LogP contribution in [0.4, 0.5) is 0 Å². The number of methoxy groups -OCH3 is 1. The molecule has 2 saturated heterocycles. The van der Waals surface area contributed by atoms with E-state index in [-0.39, 0.29) is 29.5 Å². The molecule has 2 aliphatic heterocycles. The molecule has 1 aromatic rings. The highest BCUT2D eigenvalue weighted by atomic mass is 16.5. The lowest BCUT2D eigenvalue weighted by Gasteiger charge is -2.33. The molecular formula is C26H36N4O7. The Morgan fingerprint density at radius 1 is 1.08 bits per heavy atom. The van der Waals surface area contributed by atoms with Gasteiger partial charge in [-0.1, -0.05) is 0 Å². The van der Waals surface area contributed by atoms with E-state index in [9.17, 15) is 29.1 Å². The van der Waals surface area contributed by atoms with E-state index < -0.39 is 29.8 Å². The number of hydrogen-bond donors (Lipinski definition) is 4. The van der Waals surface area contributed by atoms with Crippen molar-refractivity contribution in [3.63, 3.8) is 0 Å². The fraction of sp³-hybridized carbons (Fsp3) is 0.577. The van der Waals surface area contributed by atoms with Crippen LogP contribution in [0.3, 0.4) is 0 Å². The van der Waals surface area contributed by atoms with Crippen molar-refractivity contribution in [2.24, 2.45) is 11.8 Å². The number of rotatable bonds is 10. The molecule has 2 atom stereocenters. The number of hydrogen-bond acceptors (Lipinski definition) is 7. The monoisotopic (exact) mass is 516 g/mol. The first-order valence-corrected chi connectivity index (χ1v) is 12.8. The summed E-state index contributed by atoms with van der Waals surface area (Å²) in [5, 5.41) is 17.9. The van der Waals surface area contributed by atoms with E-state index in [0.717, 1.165) is 32.4 Å². The third-order valence-electron chi connectivity index (χ3n) is 7.02. The number of esters is 1. The number of likely N-dealkylation sites (tertiary alicyclic amines) is 1. The summed E-state index contributed by atoms with van der Waals surface area (Å²) in [6.45, 7) is 2.62. The van der Waals surface area contributed by atoms with E-state index in [1.165, 1.54) is 31.4 Å². The Labute approximate surface area is 216 Å². The van der Waals surface area contributed by atoms with Crippen LogP contribution < -0.4 is 16.0 Å². The van der Waals surface area contributed by atoms with Gasteiger partial charge in [0.05, 0.1) is 18.6 Å². The molecule has 0 saturated carbocycles. The SMILES string of the molecule is COC(=O)c1ccc(C(=O)N[C@H](CNC(=O)[C@@H]2CCCN(C(=O)CCC3CCNCC3)C2)C(=O)O)cc1. The average Bonchev–Trinajstić information content (AvgIpc) is 2.93. The van der Waals surface area contributed by atoms with Crippen molar-refractivity contribution in [1.82, 2.24) is 20.9 Å². The molecule has 0 unspecified atom stereocenters. The Morgan fingerprint density at radius 3 is 2.41 bits per heavy atom. The number of aliphatic carboxylic acids is 1. The number of benzene rings is 1. The van der Waals surface area contributed by atoms with Crippen molar-refractivity contribution in [2.75, 3.05) is 39.8 Å². The number of piperidine rings is 2. The molecule has 3 amide bonds. The molecule has 2 heterocycles. The van der Waals surface area contributed by atoms with E-state index in [1.807, 2.05) is 0 Å². The van der Waals surface area contributed by atoms with Crippen molar-refractivity contribution in [1.29, 1.82) is 0 Å². The van der Waals surface area contributed by atoms with Crippen LogP contribution in [-0.4, -0.2) is 85.5 Å². The number of carboxylic acids is 1. The molecule has 0 aliphatic carbocycles. The first-order chi connectivity index (χ1) is 17.8. The second-order valence-electron chi connectivity index (χ2n) is 9.59. The minimum atomic E-state index is -1.34. The molecule has 0 spiro atoms. The first-order valence-electron chi connectivity index (χ1n) is 12.8. The fourth-order valence-corrected chi connectivity index (χ4v) is 4.74. The van der Waals surface area contributed by atoms with Gasteiger partial charge in [0.25, 0.3) is 5.91 Å². The summed E-state index contributed by atoms with van der Waals surface area (Å²) in [5.41, 5.74) is 0.420. The Hall–Kier alpha value is -3.47. The summed E-state index contributed by atoms with van der Waals surface area (Å²) in [4.78, 5) is 63.0. The highest BCUT2D eigenvalue weighted by Gasteiger charge is 2.30. The molecule has 0 radical (unpaired) electrons. The van der Waals surface area contributed by atoms with Crippen molar-refractivity contribution in [3.8, 4) is 0 Å². The Morgan fingerprint density at radius 2 is 1.76 bits per heavy atom. The van der Waals surface area contributed by atoms with Gasteiger partial charge in [0, 0.05) is 31.6 Å². The third kappa shape index (κ3) is 8.28. The van der Waals surface area contributed by atoms with Crippen LogP contribution in [0.5, 0.6) is 0 Å². The zero-order chi connectivity index (χ0) is 26.8. The minimum Gasteiger partial charge on any atom is -0.480 e. The van der Waals surface area contributed by atoms with Gasteiger partial charge < -0.3 is 30.7 Å². The van der Waals surface area contributed by atoms with Crippen LogP contribution in [0, 0.1) is 11.8 Å². The van der Waals surface area contributed by atoms with Crippen molar-refractivity contribution >= 4 is 29.7 Å². The van der Waals surface area contributed by atoms with Crippen molar-refractivity contribution < 1.29 is 33.8 Å². The predicted molar refractivity (Wildman–Crippen MR) is 134 cm³/mol. The lowest BCUT2D eigenvalue weighted by Crippen LogP contribution is -2.51. The standard InChI is InChI=1S/C26H36N4O7/c1-37-26(36)19-7-5-18(6-8-19)24(33)29-21(25(34)35)15-28-23(32)20-3-2-14-30(16-20)22(31)9-4-17-10-12-27-13-11-17/h5-8,17,20-21,27H,2-4,9-16H2,1H3,(H,28,32)(H,29,33)(H,34,35)/t20-,21-/m1/s1. The first kappa shape index (κ1) is 28.1. The van der Waals surface area contributed by atoms with Crippen LogP contribution in [0.2, 0.25) is 0 Å². The maximum Gasteiger partial charge on any atom is 0.337 e. The summed E-state index contributed by atoms with van der Waals surface area (Å²) in [6, 6.07) is 4.24. The zero-order valence-electron chi connectivity index (χ0n) is 21.2. The van der Waals surface area contributed by atoms with Crippen LogP contribution in [0.25, 0.3) is 0 Å². The van der Waals surface area contributed by atoms with Gasteiger partial charge in [-0.15, -0.1) is 0 Å². The zero-order valence-corrected chi connectivity index (χ0v) is 21.2. The number of amides is 3. The highest BCUT2D eigenvalue weighted by molar-refractivity contribution is 5.98. The third-order valence-corrected chi connectivity index (χ3v) is 7.02. The van der Waals surface area contributed by atoms with Crippen LogP contribution >= 0.6 is 0 Å². The molecule has 11 nitrogen and oxygen atoms in total. The van der Waals surface area contributed by atoms with Gasteiger partial charge in [0.2, 0.25) is 11.8 Å². The lowest BCUT2D eigenvalue weighted by molar-refractivity contribution is -0.139. The van der Waals surface area contributed by atoms with E-state index >= 15 is 0 Å². The summed E-state index contributed by atoms with van der Waals surface area (Å²) in [7, 11) is 1.24. The molecule has 4 N–H and O–H groups in total. The Balaban J connectivity index is 1.47. The topological polar surface area (TPSA) is 154 Å². The summed E-state index contributed by atoms with van der Waals surface area (Å²) in [5.74, 6) is -2.64. The minimum absolute atomic E-state index is 0.0601. The number of nitrogens with one attached hydrogen (secondary N) is 3. The highest BCUT2D eigenvalue weighted by Crippen LogP contribution is 2.21.